The van der Waals surface area contributed by atoms with Gasteiger partial charge in [0.25, 0.3) is 5.91 Å². The highest BCUT2D eigenvalue weighted by molar-refractivity contribution is 6.01. The number of hydrogen-bond acceptors (Lipinski definition) is 4. The predicted octanol–water partition coefficient (Wildman–Crippen LogP) is 2.02. The van der Waals surface area contributed by atoms with Gasteiger partial charge in [0.15, 0.2) is 6.61 Å². The second kappa shape index (κ2) is 7.79. The van der Waals surface area contributed by atoms with Crippen LogP contribution in [0.2, 0.25) is 0 Å². The smallest absolute Gasteiger partial charge is 0.341 e. The molecule has 0 unspecified atom stereocenters. The molecule has 1 heterocycles. The third kappa shape index (κ3) is 4.70. The summed E-state index contributed by atoms with van der Waals surface area (Å²) in [6.07, 6.45) is 2.29. The Hall–Kier alpha value is -3.09. The number of hydrogen-bond donors (Lipinski definition) is 3. The van der Waals surface area contributed by atoms with E-state index in [0.29, 0.717) is 23.6 Å². The average Bonchev–Trinajstić information content (AvgIpc) is 3.09. The predicted molar refractivity (Wildman–Crippen MR) is 84.7 cm³/mol. The number of aromatic amines is 1. The van der Waals surface area contributed by atoms with Crippen molar-refractivity contribution in [2.75, 3.05) is 6.61 Å². The Labute approximate surface area is 133 Å². The molecule has 3 N–H and O–H groups in total. The lowest BCUT2D eigenvalue weighted by molar-refractivity contribution is -0.139. The molecule has 0 radical (unpaired) electrons. The number of nitrogens with one attached hydrogen (secondary N) is 2. The van der Waals surface area contributed by atoms with E-state index in [1.807, 2.05) is 6.92 Å². The maximum absolute atomic E-state index is 11.8. The van der Waals surface area contributed by atoms with E-state index in [0.717, 1.165) is 5.56 Å². The highest BCUT2D eigenvalue weighted by Crippen LogP contribution is 2.14. The third-order valence-electron chi connectivity index (χ3n) is 3.02. The van der Waals surface area contributed by atoms with Crippen molar-refractivity contribution < 1.29 is 19.4 Å². The molecule has 0 fully saturated rings. The van der Waals surface area contributed by atoms with Crippen LogP contribution in [0, 0.1) is 0 Å². The third-order valence-corrected chi connectivity index (χ3v) is 3.02. The molecule has 1 aromatic heterocycles. The molecule has 0 aliphatic rings. The summed E-state index contributed by atoms with van der Waals surface area (Å²) in [5, 5.41) is 12.7. The molecule has 1 aromatic carbocycles. The zero-order valence-electron chi connectivity index (χ0n) is 12.6. The van der Waals surface area contributed by atoms with E-state index in [9.17, 15) is 9.59 Å². The van der Waals surface area contributed by atoms with Gasteiger partial charge in [-0.1, -0.05) is 6.92 Å². The average molecular weight is 315 g/mol. The normalized spacial score (nSPS) is 11.1. The van der Waals surface area contributed by atoms with Crippen LogP contribution >= 0.6 is 0 Å². The van der Waals surface area contributed by atoms with Gasteiger partial charge in [0, 0.05) is 6.20 Å². The Morgan fingerprint density at radius 2 is 2.00 bits per heavy atom. The molecule has 0 aliphatic heterocycles. The molecule has 2 rings (SSSR count). The van der Waals surface area contributed by atoms with Gasteiger partial charge in [-0.05, 0) is 48.4 Å². The summed E-state index contributed by atoms with van der Waals surface area (Å²) in [5.74, 6) is -0.888. The lowest BCUT2D eigenvalue weighted by Gasteiger charge is -2.07. The summed E-state index contributed by atoms with van der Waals surface area (Å²) >= 11 is 0. The van der Waals surface area contributed by atoms with Gasteiger partial charge >= 0.3 is 5.97 Å². The quantitative estimate of drug-likeness (QED) is 0.537. The van der Waals surface area contributed by atoms with Gasteiger partial charge in [0.1, 0.15) is 11.4 Å². The van der Waals surface area contributed by atoms with Crippen molar-refractivity contribution in [2.45, 2.75) is 13.3 Å². The molecule has 23 heavy (non-hydrogen) atoms. The number of carbonyl (C=O) groups is 2. The number of rotatable bonds is 7. The van der Waals surface area contributed by atoms with Crippen LogP contribution < -0.4 is 10.2 Å². The van der Waals surface area contributed by atoms with Crippen molar-refractivity contribution in [3.05, 3.63) is 53.9 Å². The van der Waals surface area contributed by atoms with Crippen molar-refractivity contribution in [3.8, 4) is 5.75 Å². The van der Waals surface area contributed by atoms with Gasteiger partial charge in [0.05, 0.1) is 5.71 Å². The monoisotopic (exact) mass is 315 g/mol. The molecule has 0 saturated heterocycles. The topological polar surface area (TPSA) is 104 Å². The zero-order chi connectivity index (χ0) is 16.7. The van der Waals surface area contributed by atoms with E-state index >= 15 is 0 Å². The molecule has 7 heteroatoms. The first-order chi connectivity index (χ1) is 11.1. The van der Waals surface area contributed by atoms with Crippen LogP contribution in [-0.4, -0.2) is 34.3 Å². The zero-order valence-corrected chi connectivity index (χ0v) is 12.6. The fourth-order valence-electron chi connectivity index (χ4n) is 1.89. The standard InChI is InChI=1S/C16H17N3O4/c1-2-13(18-19-16(22)14-4-3-9-17-14)11-5-7-12(8-6-11)23-10-15(20)21/h3-9,17H,2,10H2,1H3,(H,19,22)(H,20,21)/b18-13-. The molecule has 0 atom stereocenters. The van der Waals surface area contributed by atoms with Crippen molar-refractivity contribution in [1.29, 1.82) is 0 Å². The Kier molecular flexibility index (Phi) is 5.51. The summed E-state index contributed by atoms with van der Waals surface area (Å²) in [6, 6.07) is 10.2. The second-order valence-corrected chi connectivity index (χ2v) is 4.64. The number of amides is 1. The number of H-pyrrole nitrogens is 1. The van der Waals surface area contributed by atoms with E-state index in [4.69, 9.17) is 9.84 Å². The SMILES string of the molecule is CC/C(=N/NC(=O)c1ccc[nH]1)c1ccc(OCC(=O)O)cc1. The van der Waals surface area contributed by atoms with Gasteiger partial charge in [0.2, 0.25) is 0 Å². The molecule has 0 spiro atoms. The van der Waals surface area contributed by atoms with Gasteiger partial charge < -0.3 is 14.8 Å². The van der Waals surface area contributed by atoms with Crippen molar-refractivity contribution in [2.24, 2.45) is 5.10 Å². The van der Waals surface area contributed by atoms with E-state index in [1.54, 1.807) is 42.6 Å². The van der Waals surface area contributed by atoms with Crippen LogP contribution in [0.5, 0.6) is 5.75 Å². The lowest BCUT2D eigenvalue weighted by atomic mass is 10.1. The first kappa shape index (κ1) is 16.3. The van der Waals surface area contributed by atoms with E-state index < -0.39 is 5.97 Å². The summed E-state index contributed by atoms with van der Waals surface area (Å²) in [5.41, 5.74) is 4.45. The molecule has 0 saturated carbocycles. The highest BCUT2D eigenvalue weighted by Gasteiger charge is 2.07. The molecule has 2 aromatic rings. The number of aromatic nitrogens is 1. The van der Waals surface area contributed by atoms with E-state index in [2.05, 4.69) is 15.5 Å². The molecular formula is C16H17N3O4. The number of nitrogens with zero attached hydrogens (tertiary/aromatic N) is 1. The first-order valence-corrected chi connectivity index (χ1v) is 7.05. The van der Waals surface area contributed by atoms with Crippen molar-refractivity contribution in [1.82, 2.24) is 10.4 Å². The summed E-state index contributed by atoms with van der Waals surface area (Å²) in [6.45, 7) is 1.54. The number of carboxylic acid groups (broad SMARTS) is 1. The fraction of sp³-hybridized carbons (Fsp3) is 0.188. The van der Waals surface area contributed by atoms with E-state index in [-0.39, 0.29) is 12.5 Å². The Bertz CT molecular complexity index is 691. The second-order valence-electron chi connectivity index (χ2n) is 4.64. The minimum absolute atomic E-state index is 0.317. The van der Waals surface area contributed by atoms with Crippen molar-refractivity contribution in [3.63, 3.8) is 0 Å². The number of hydrazone groups is 1. The molecule has 1 amide bonds. The largest absolute Gasteiger partial charge is 0.482 e. The maximum Gasteiger partial charge on any atom is 0.341 e. The van der Waals surface area contributed by atoms with Crippen LogP contribution in [0.25, 0.3) is 0 Å². The fourth-order valence-corrected chi connectivity index (χ4v) is 1.89. The highest BCUT2D eigenvalue weighted by atomic mass is 16.5. The molecule has 0 aliphatic carbocycles. The summed E-state index contributed by atoms with van der Waals surface area (Å²) in [7, 11) is 0. The number of aliphatic carboxylic acids is 1. The molecule has 7 nitrogen and oxygen atoms in total. The minimum Gasteiger partial charge on any atom is -0.482 e. The van der Waals surface area contributed by atoms with Crippen LogP contribution in [-0.2, 0) is 4.79 Å². The van der Waals surface area contributed by atoms with Crippen molar-refractivity contribution >= 4 is 17.6 Å². The molecule has 120 valence electrons. The Morgan fingerprint density at radius 3 is 2.57 bits per heavy atom. The molecular weight excluding hydrogens is 298 g/mol. The lowest BCUT2D eigenvalue weighted by Crippen LogP contribution is -2.20. The maximum atomic E-state index is 11.8. The summed E-state index contributed by atoms with van der Waals surface area (Å²) in [4.78, 5) is 25.1. The van der Waals surface area contributed by atoms with Gasteiger partial charge in [-0.25, -0.2) is 10.2 Å². The molecule has 0 bridgehead atoms. The van der Waals surface area contributed by atoms with Gasteiger partial charge in [-0.15, -0.1) is 0 Å². The van der Waals surface area contributed by atoms with Crippen LogP contribution in [0.3, 0.4) is 0 Å². The van der Waals surface area contributed by atoms with Crippen LogP contribution in [0.15, 0.2) is 47.7 Å². The Morgan fingerprint density at radius 1 is 1.26 bits per heavy atom. The first-order valence-electron chi connectivity index (χ1n) is 7.05. The van der Waals surface area contributed by atoms with E-state index in [1.165, 1.54) is 0 Å². The van der Waals surface area contributed by atoms with Crippen LogP contribution in [0.1, 0.15) is 29.4 Å². The van der Waals surface area contributed by atoms with Gasteiger partial charge in [-0.3, -0.25) is 4.79 Å². The summed E-state index contributed by atoms with van der Waals surface area (Å²) < 4.78 is 5.07. The minimum atomic E-state index is -1.03. The van der Waals surface area contributed by atoms with Gasteiger partial charge in [-0.2, -0.15) is 5.10 Å². The number of carbonyl (C=O) groups excluding carboxylic acids is 1. The number of carboxylic acids is 1. The number of benzene rings is 1. The van der Waals surface area contributed by atoms with Crippen LogP contribution in [0.4, 0.5) is 0 Å². The Balaban J connectivity index is 2.03. The number of ether oxygens (including phenoxy) is 1.